The number of thiocarbonyl (C=S) groups is 1. The van der Waals surface area contributed by atoms with Crippen LogP contribution in [0.2, 0.25) is 0 Å². The van der Waals surface area contributed by atoms with Gasteiger partial charge >= 0.3 is 0 Å². The lowest BCUT2D eigenvalue weighted by molar-refractivity contribution is -0.125. The highest BCUT2D eigenvalue weighted by Gasteiger charge is 2.40. The van der Waals surface area contributed by atoms with Gasteiger partial charge in [0.25, 0.3) is 0 Å². The Morgan fingerprint density at radius 3 is 2.58 bits per heavy atom. The number of ether oxygens (including phenoxy) is 1. The summed E-state index contributed by atoms with van der Waals surface area (Å²) in [5.41, 5.74) is 1.16. The van der Waals surface area contributed by atoms with E-state index in [1.54, 1.807) is 7.11 Å². The van der Waals surface area contributed by atoms with Gasteiger partial charge in [-0.3, -0.25) is 4.79 Å². The number of methoxy groups -OCH3 is 1. The van der Waals surface area contributed by atoms with Crippen LogP contribution in [0.1, 0.15) is 31.2 Å². The Bertz CT molecular complexity index is 601. The van der Waals surface area contributed by atoms with Crippen LogP contribution in [0.3, 0.4) is 0 Å². The van der Waals surface area contributed by atoms with Gasteiger partial charge in [0.1, 0.15) is 5.75 Å². The topological polar surface area (TPSA) is 53.6 Å². The van der Waals surface area contributed by atoms with Crippen molar-refractivity contribution in [1.82, 2.24) is 15.5 Å². The molecule has 1 amide bonds. The molecule has 5 nitrogen and oxygen atoms in total. The van der Waals surface area contributed by atoms with Crippen LogP contribution in [0, 0.1) is 5.92 Å². The first-order chi connectivity index (χ1) is 11.6. The molecule has 130 valence electrons. The molecule has 24 heavy (non-hydrogen) atoms. The van der Waals surface area contributed by atoms with Crippen molar-refractivity contribution in [3.05, 3.63) is 29.8 Å². The highest BCUT2D eigenvalue weighted by molar-refractivity contribution is 7.80. The van der Waals surface area contributed by atoms with Gasteiger partial charge in [0.05, 0.1) is 13.0 Å². The number of rotatable bonds is 5. The highest BCUT2D eigenvalue weighted by Crippen LogP contribution is 2.34. The molecule has 2 aliphatic rings. The summed E-state index contributed by atoms with van der Waals surface area (Å²) in [4.78, 5) is 14.8. The van der Waals surface area contributed by atoms with E-state index in [9.17, 15) is 4.79 Å². The fourth-order valence-corrected chi connectivity index (χ4v) is 3.52. The molecule has 2 atom stereocenters. The SMILES string of the molecule is CCNC(=S)N1C[C@H](c2ccc(OC)cc2)[C@H](C(=O)NC2CC2)C1. The summed E-state index contributed by atoms with van der Waals surface area (Å²) in [6, 6.07) is 8.40. The monoisotopic (exact) mass is 347 g/mol. The molecular weight excluding hydrogens is 322 g/mol. The number of hydrogen-bond acceptors (Lipinski definition) is 3. The van der Waals surface area contributed by atoms with Crippen LogP contribution in [-0.2, 0) is 4.79 Å². The number of amides is 1. The number of benzene rings is 1. The van der Waals surface area contributed by atoms with E-state index in [2.05, 4.69) is 27.7 Å². The van der Waals surface area contributed by atoms with E-state index in [1.807, 2.05) is 19.1 Å². The van der Waals surface area contributed by atoms with Crippen molar-refractivity contribution in [1.29, 1.82) is 0 Å². The van der Waals surface area contributed by atoms with E-state index in [0.29, 0.717) is 12.6 Å². The molecule has 1 aromatic carbocycles. The molecule has 1 aromatic rings. The molecule has 1 saturated carbocycles. The summed E-state index contributed by atoms with van der Waals surface area (Å²) in [7, 11) is 1.66. The zero-order chi connectivity index (χ0) is 17.1. The van der Waals surface area contributed by atoms with Crippen LogP contribution in [0.4, 0.5) is 0 Å². The Kier molecular flexibility index (Phi) is 5.23. The molecule has 1 aliphatic carbocycles. The van der Waals surface area contributed by atoms with Crippen molar-refractivity contribution in [3.63, 3.8) is 0 Å². The van der Waals surface area contributed by atoms with Crippen LogP contribution in [0.25, 0.3) is 0 Å². The molecule has 6 heteroatoms. The zero-order valence-corrected chi connectivity index (χ0v) is 15.1. The van der Waals surface area contributed by atoms with Gasteiger partial charge in [0.2, 0.25) is 5.91 Å². The third-order valence-corrected chi connectivity index (χ3v) is 5.14. The molecule has 1 saturated heterocycles. The second-order valence-corrected chi connectivity index (χ2v) is 6.90. The molecule has 2 fully saturated rings. The van der Waals surface area contributed by atoms with Crippen molar-refractivity contribution in [3.8, 4) is 5.75 Å². The third-order valence-electron chi connectivity index (χ3n) is 4.74. The summed E-state index contributed by atoms with van der Waals surface area (Å²) < 4.78 is 5.24. The number of hydrogen-bond donors (Lipinski definition) is 2. The van der Waals surface area contributed by atoms with Gasteiger partial charge < -0.3 is 20.3 Å². The van der Waals surface area contributed by atoms with Gasteiger partial charge in [-0.15, -0.1) is 0 Å². The lowest BCUT2D eigenvalue weighted by atomic mass is 9.88. The highest BCUT2D eigenvalue weighted by atomic mass is 32.1. The van der Waals surface area contributed by atoms with Gasteiger partial charge in [0, 0.05) is 31.6 Å². The lowest BCUT2D eigenvalue weighted by Gasteiger charge is -2.19. The zero-order valence-electron chi connectivity index (χ0n) is 14.2. The van der Waals surface area contributed by atoms with Crippen molar-refractivity contribution < 1.29 is 9.53 Å². The summed E-state index contributed by atoms with van der Waals surface area (Å²) in [6.07, 6.45) is 2.20. The van der Waals surface area contributed by atoms with Gasteiger partial charge in [-0.25, -0.2) is 0 Å². The van der Waals surface area contributed by atoms with Crippen molar-refractivity contribution in [2.24, 2.45) is 5.92 Å². The quantitative estimate of drug-likeness (QED) is 0.797. The molecule has 1 aliphatic heterocycles. The van der Waals surface area contributed by atoms with E-state index < -0.39 is 0 Å². The number of likely N-dealkylation sites (tertiary alicyclic amines) is 1. The van der Waals surface area contributed by atoms with Gasteiger partial charge in [-0.05, 0) is 49.7 Å². The lowest BCUT2D eigenvalue weighted by Crippen LogP contribution is -2.40. The number of carbonyl (C=O) groups excluding carboxylic acids is 1. The number of carbonyl (C=O) groups is 1. The van der Waals surface area contributed by atoms with Crippen molar-refractivity contribution in [2.45, 2.75) is 31.7 Å². The minimum absolute atomic E-state index is 0.0735. The summed E-state index contributed by atoms with van der Waals surface area (Å²) in [6.45, 7) is 4.25. The molecule has 0 radical (unpaired) electrons. The number of nitrogens with one attached hydrogen (secondary N) is 2. The third kappa shape index (κ3) is 3.80. The largest absolute Gasteiger partial charge is 0.497 e. The summed E-state index contributed by atoms with van der Waals surface area (Å²) in [5, 5.41) is 7.09. The first kappa shape index (κ1) is 17.0. The second-order valence-electron chi connectivity index (χ2n) is 6.51. The van der Waals surface area contributed by atoms with Crippen LogP contribution in [0.5, 0.6) is 5.75 Å². The Hall–Kier alpha value is -1.82. The molecule has 0 unspecified atom stereocenters. The van der Waals surface area contributed by atoms with E-state index in [0.717, 1.165) is 42.4 Å². The maximum atomic E-state index is 12.7. The fourth-order valence-electron chi connectivity index (χ4n) is 3.22. The Labute approximate surface area is 148 Å². The van der Waals surface area contributed by atoms with Crippen LogP contribution >= 0.6 is 12.2 Å². The Morgan fingerprint density at radius 2 is 2.00 bits per heavy atom. The van der Waals surface area contributed by atoms with Crippen LogP contribution in [0.15, 0.2) is 24.3 Å². The second kappa shape index (κ2) is 7.38. The van der Waals surface area contributed by atoms with Gasteiger partial charge in [-0.1, -0.05) is 12.1 Å². The first-order valence-corrected chi connectivity index (χ1v) is 9.00. The van der Waals surface area contributed by atoms with Crippen LogP contribution in [-0.4, -0.2) is 48.7 Å². The maximum Gasteiger partial charge on any atom is 0.225 e. The normalized spacial score (nSPS) is 23.0. The van der Waals surface area contributed by atoms with Crippen molar-refractivity contribution >= 4 is 23.2 Å². The number of nitrogens with zero attached hydrogens (tertiary/aromatic N) is 1. The standard InChI is InChI=1S/C18H25N3O2S/c1-3-19-18(24)21-10-15(12-4-8-14(23-2)9-5-12)16(11-21)17(22)20-13-6-7-13/h4-5,8-9,13,15-16H,3,6-7,10-11H2,1-2H3,(H,19,24)(H,20,22)/t15-,16-/m1/s1. The molecule has 0 spiro atoms. The predicted octanol–water partition coefficient (Wildman–Crippen LogP) is 1.88. The fraction of sp³-hybridized carbons (Fsp3) is 0.556. The molecule has 0 bridgehead atoms. The Morgan fingerprint density at radius 1 is 1.29 bits per heavy atom. The maximum absolute atomic E-state index is 12.7. The molecular formula is C18H25N3O2S. The molecule has 1 heterocycles. The molecule has 0 aromatic heterocycles. The van der Waals surface area contributed by atoms with E-state index >= 15 is 0 Å². The Balaban J connectivity index is 1.78. The molecule has 3 rings (SSSR count). The minimum Gasteiger partial charge on any atom is -0.497 e. The smallest absolute Gasteiger partial charge is 0.225 e. The van der Waals surface area contributed by atoms with Gasteiger partial charge in [-0.2, -0.15) is 0 Å². The summed E-state index contributed by atoms with van der Waals surface area (Å²) >= 11 is 5.46. The van der Waals surface area contributed by atoms with E-state index in [-0.39, 0.29) is 17.7 Å². The minimum atomic E-state index is -0.0735. The average molecular weight is 347 g/mol. The first-order valence-electron chi connectivity index (χ1n) is 8.59. The van der Waals surface area contributed by atoms with Crippen molar-refractivity contribution in [2.75, 3.05) is 26.7 Å². The van der Waals surface area contributed by atoms with Crippen LogP contribution < -0.4 is 15.4 Å². The molecule has 2 N–H and O–H groups in total. The average Bonchev–Trinajstić information content (AvgIpc) is 3.29. The predicted molar refractivity (Wildman–Crippen MR) is 98.2 cm³/mol. The summed E-state index contributed by atoms with van der Waals surface area (Å²) in [5.74, 6) is 1.05. The van der Waals surface area contributed by atoms with Gasteiger partial charge in [0.15, 0.2) is 5.11 Å². The van der Waals surface area contributed by atoms with E-state index in [4.69, 9.17) is 17.0 Å². The van der Waals surface area contributed by atoms with E-state index in [1.165, 1.54) is 0 Å².